The highest BCUT2D eigenvalue weighted by atomic mass is 16.2. The second-order valence-electron chi connectivity index (χ2n) is 7.41. The molecule has 0 spiro atoms. The molecular formula is C20H22N2O3. The summed E-state index contributed by atoms with van der Waals surface area (Å²) in [5.74, 6) is -0.794. The quantitative estimate of drug-likeness (QED) is 0.674. The van der Waals surface area contributed by atoms with Gasteiger partial charge >= 0.3 is 0 Å². The van der Waals surface area contributed by atoms with E-state index in [4.69, 9.17) is 0 Å². The lowest BCUT2D eigenvalue weighted by Gasteiger charge is -2.20. The van der Waals surface area contributed by atoms with Gasteiger partial charge in [-0.25, -0.2) is 0 Å². The Bertz CT molecular complexity index is 755. The molecule has 2 aliphatic carbocycles. The zero-order valence-corrected chi connectivity index (χ0v) is 14.4. The van der Waals surface area contributed by atoms with Crippen LogP contribution >= 0.6 is 0 Å². The van der Waals surface area contributed by atoms with E-state index in [9.17, 15) is 14.4 Å². The molecule has 1 saturated heterocycles. The van der Waals surface area contributed by atoms with Gasteiger partial charge in [0.15, 0.2) is 0 Å². The summed E-state index contributed by atoms with van der Waals surface area (Å²) in [7, 11) is 0. The summed E-state index contributed by atoms with van der Waals surface area (Å²) >= 11 is 0. The number of hydrogen-bond acceptors (Lipinski definition) is 3. The third kappa shape index (κ3) is 2.49. The summed E-state index contributed by atoms with van der Waals surface area (Å²) in [6, 6.07) is 7.69. The van der Waals surface area contributed by atoms with E-state index in [1.807, 2.05) is 38.1 Å². The van der Waals surface area contributed by atoms with E-state index in [2.05, 4.69) is 17.5 Å². The number of likely N-dealkylation sites (tertiary alicyclic amines) is 1. The highest BCUT2D eigenvalue weighted by Crippen LogP contribution is 2.52. The number of benzene rings is 1. The molecule has 3 amide bonds. The Kier molecular flexibility index (Phi) is 3.74. The number of fused-ring (bicyclic) bond motifs is 5. The molecule has 5 atom stereocenters. The summed E-state index contributed by atoms with van der Waals surface area (Å²) in [6.45, 7) is 3.72. The molecule has 1 N–H and O–H groups in total. The Morgan fingerprint density at radius 1 is 1.16 bits per heavy atom. The van der Waals surface area contributed by atoms with E-state index < -0.39 is 0 Å². The second-order valence-corrected chi connectivity index (χ2v) is 7.41. The molecule has 5 nitrogen and oxygen atoms in total. The smallest absolute Gasteiger partial charge is 0.240 e. The van der Waals surface area contributed by atoms with Crippen molar-refractivity contribution in [3.8, 4) is 0 Å². The molecule has 2 bridgehead atoms. The summed E-state index contributed by atoms with van der Waals surface area (Å²) in [4.78, 5) is 38.8. The topological polar surface area (TPSA) is 66.5 Å². The average molecular weight is 338 g/mol. The third-order valence-electron chi connectivity index (χ3n) is 5.90. The molecular weight excluding hydrogens is 316 g/mol. The van der Waals surface area contributed by atoms with Crippen LogP contribution in [0.3, 0.4) is 0 Å². The lowest BCUT2D eigenvalue weighted by Crippen LogP contribution is -2.42. The van der Waals surface area contributed by atoms with Gasteiger partial charge in [-0.2, -0.15) is 0 Å². The fourth-order valence-electron chi connectivity index (χ4n) is 4.70. The van der Waals surface area contributed by atoms with Crippen LogP contribution in [0.1, 0.15) is 30.5 Å². The number of aryl methyl sites for hydroxylation is 1. The number of imide groups is 1. The molecule has 0 aromatic heterocycles. The van der Waals surface area contributed by atoms with Gasteiger partial charge in [-0.05, 0) is 43.2 Å². The van der Waals surface area contributed by atoms with E-state index >= 15 is 0 Å². The first kappa shape index (κ1) is 16.1. The van der Waals surface area contributed by atoms with Crippen molar-refractivity contribution in [1.82, 2.24) is 10.2 Å². The van der Waals surface area contributed by atoms with Crippen LogP contribution in [0.25, 0.3) is 0 Å². The van der Waals surface area contributed by atoms with Crippen LogP contribution in [-0.2, 0) is 14.4 Å². The zero-order valence-electron chi connectivity index (χ0n) is 14.4. The molecule has 2 fully saturated rings. The Balaban J connectivity index is 1.43. The average Bonchev–Trinajstić information content (AvgIpc) is 3.25. The number of amides is 3. The molecule has 25 heavy (non-hydrogen) atoms. The highest BCUT2D eigenvalue weighted by Gasteiger charge is 2.59. The maximum absolute atomic E-state index is 12.6. The first-order valence-corrected chi connectivity index (χ1v) is 8.86. The van der Waals surface area contributed by atoms with Gasteiger partial charge in [0.1, 0.15) is 6.54 Å². The van der Waals surface area contributed by atoms with Crippen LogP contribution in [0.5, 0.6) is 0 Å². The number of allylic oxidation sites excluding steroid dienone is 2. The SMILES string of the molecule is Cc1ccccc1C(C)NC(=O)CN1C(=O)C2C3C=CC(C3)C2C1=O. The van der Waals surface area contributed by atoms with Crippen LogP contribution in [0.4, 0.5) is 0 Å². The van der Waals surface area contributed by atoms with Gasteiger partial charge in [-0.3, -0.25) is 19.3 Å². The van der Waals surface area contributed by atoms with Gasteiger partial charge < -0.3 is 5.32 Å². The van der Waals surface area contributed by atoms with Crippen molar-refractivity contribution in [2.24, 2.45) is 23.7 Å². The number of hydrogen-bond donors (Lipinski definition) is 1. The number of nitrogens with zero attached hydrogens (tertiary/aromatic N) is 1. The minimum atomic E-state index is -0.294. The molecule has 5 unspecified atom stereocenters. The predicted octanol–water partition coefficient (Wildman–Crippen LogP) is 1.98. The largest absolute Gasteiger partial charge is 0.348 e. The second kappa shape index (κ2) is 5.83. The van der Waals surface area contributed by atoms with Crippen molar-refractivity contribution in [3.63, 3.8) is 0 Å². The summed E-state index contributed by atoms with van der Waals surface area (Å²) in [5.41, 5.74) is 2.13. The molecule has 0 radical (unpaired) electrons. The highest BCUT2D eigenvalue weighted by molar-refractivity contribution is 6.08. The van der Waals surface area contributed by atoms with E-state index in [0.717, 1.165) is 17.5 Å². The summed E-state index contributed by atoms with van der Waals surface area (Å²) in [5, 5.41) is 2.91. The van der Waals surface area contributed by atoms with Crippen molar-refractivity contribution in [1.29, 1.82) is 0 Å². The lowest BCUT2D eigenvalue weighted by molar-refractivity contribution is -0.144. The molecule has 1 aliphatic heterocycles. The molecule has 4 rings (SSSR count). The van der Waals surface area contributed by atoms with E-state index in [1.165, 1.54) is 4.90 Å². The van der Waals surface area contributed by atoms with Crippen molar-refractivity contribution in [2.75, 3.05) is 6.54 Å². The maximum Gasteiger partial charge on any atom is 0.240 e. The fourth-order valence-corrected chi connectivity index (χ4v) is 4.70. The predicted molar refractivity (Wildman–Crippen MR) is 92.2 cm³/mol. The Labute approximate surface area is 147 Å². The first-order chi connectivity index (χ1) is 12.0. The maximum atomic E-state index is 12.6. The van der Waals surface area contributed by atoms with Crippen molar-refractivity contribution < 1.29 is 14.4 Å². The van der Waals surface area contributed by atoms with Crippen LogP contribution in [0.2, 0.25) is 0 Å². The Hall–Kier alpha value is -2.43. The molecule has 1 heterocycles. The van der Waals surface area contributed by atoms with Crippen molar-refractivity contribution in [2.45, 2.75) is 26.3 Å². The molecule has 130 valence electrons. The van der Waals surface area contributed by atoms with Crippen molar-refractivity contribution >= 4 is 17.7 Å². The van der Waals surface area contributed by atoms with Crippen LogP contribution in [0, 0.1) is 30.6 Å². The van der Waals surface area contributed by atoms with Gasteiger partial charge in [-0.1, -0.05) is 36.4 Å². The molecule has 1 aromatic rings. The van der Waals surface area contributed by atoms with Crippen molar-refractivity contribution in [3.05, 3.63) is 47.5 Å². The minimum Gasteiger partial charge on any atom is -0.348 e. The number of carbonyl (C=O) groups excluding carboxylic acids is 3. The third-order valence-corrected chi connectivity index (χ3v) is 5.90. The Morgan fingerprint density at radius 3 is 2.36 bits per heavy atom. The van der Waals surface area contributed by atoms with E-state index in [0.29, 0.717) is 0 Å². The van der Waals surface area contributed by atoms with Gasteiger partial charge in [0, 0.05) is 0 Å². The van der Waals surface area contributed by atoms with Crippen LogP contribution in [0.15, 0.2) is 36.4 Å². The monoisotopic (exact) mass is 338 g/mol. The lowest BCUT2D eigenvalue weighted by atomic mass is 9.85. The molecule has 1 saturated carbocycles. The van der Waals surface area contributed by atoms with Gasteiger partial charge in [-0.15, -0.1) is 0 Å². The van der Waals surface area contributed by atoms with E-state index in [-0.39, 0.29) is 54.0 Å². The van der Waals surface area contributed by atoms with Gasteiger partial charge in [0.05, 0.1) is 17.9 Å². The molecule has 3 aliphatic rings. The van der Waals surface area contributed by atoms with Crippen LogP contribution in [-0.4, -0.2) is 29.2 Å². The normalized spacial score (nSPS) is 30.7. The van der Waals surface area contributed by atoms with E-state index in [1.54, 1.807) is 0 Å². The molecule has 5 heteroatoms. The van der Waals surface area contributed by atoms with Gasteiger partial charge in [0.2, 0.25) is 17.7 Å². The first-order valence-electron chi connectivity index (χ1n) is 8.86. The summed E-state index contributed by atoms with van der Waals surface area (Å²) in [6.07, 6.45) is 5.01. The summed E-state index contributed by atoms with van der Waals surface area (Å²) < 4.78 is 0. The number of carbonyl (C=O) groups is 3. The minimum absolute atomic E-state index is 0.168. The van der Waals surface area contributed by atoms with Gasteiger partial charge in [0.25, 0.3) is 0 Å². The standard InChI is InChI=1S/C20H22N2O3/c1-11-5-3-4-6-15(11)12(2)21-16(23)10-22-19(24)17-13-7-8-14(9-13)18(17)20(22)25/h3-8,12-14,17-18H,9-10H2,1-2H3,(H,21,23). The Morgan fingerprint density at radius 2 is 1.76 bits per heavy atom. The number of rotatable bonds is 4. The fraction of sp³-hybridized carbons (Fsp3) is 0.450. The van der Waals surface area contributed by atoms with Crippen LogP contribution < -0.4 is 5.32 Å². The zero-order chi connectivity index (χ0) is 17.7. The molecule has 1 aromatic carbocycles. The number of nitrogens with one attached hydrogen (secondary N) is 1.